The van der Waals surface area contributed by atoms with Crippen LogP contribution in [0.15, 0.2) is 23.7 Å². The summed E-state index contributed by atoms with van der Waals surface area (Å²) >= 11 is 1.60. The molecular formula is C22H28N6O2S. The van der Waals surface area contributed by atoms with Crippen molar-refractivity contribution in [3.05, 3.63) is 34.4 Å². The molecule has 5 heterocycles. The quantitative estimate of drug-likeness (QED) is 0.763. The van der Waals surface area contributed by atoms with Crippen molar-refractivity contribution < 1.29 is 9.59 Å². The number of aromatic nitrogens is 3. The number of amides is 2. The molecule has 2 aromatic heterocycles. The Kier molecular flexibility index (Phi) is 5.60. The molecule has 0 unspecified atom stereocenters. The number of nitrogens with zero attached hydrogens (tertiary/aromatic N) is 5. The van der Waals surface area contributed by atoms with Crippen molar-refractivity contribution in [2.45, 2.75) is 51.1 Å². The summed E-state index contributed by atoms with van der Waals surface area (Å²) in [5.74, 6) is 1.43. The lowest BCUT2D eigenvalue weighted by Crippen LogP contribution is -2.68. The van der Waals surface area contributed by atoms with Gasteiger partial charge in [-0.25, -0.2) is 4.98 Å². The zero-order chi connectivity index (χ0) is 21.4. The highest BCUT2D eigenvalue weighted by Gasteiger charge is 2.52. The molecule has 3 aliphatic rings. The maximum Gasteiger partial charge on any atom is 0.243 e. The second-order valence-corrected chi connectivity index (χ2v) is 9.85. The summed E-state index contributed by atoms with van der Waals surface area (Å²) in [4.78, 5) is 34.8. The molecule has 9 heteroatoms. The number of piperidine rings is 3. The van der Waals surface area contributed by atoms with Crippen molar-refractivity contribution in [3.63, 3.8) is 0 Å². The Balaban J connectivity index is 1.36. The monoisotopic (exact) mass is 440 g/mol. The molecule has 3 saturated heterocycles. The molecule has 164 valence electrons. The summed E-state index contributed by atoms with van der Waals surface area (Å²) in [6.07, 6.45) is 5.90. The Morgan fingerprint density at radius 1 is 1.26 bits per heavy atom. The standard InChI is InChI=1S/C22H28N6O2S/c1-14-5-6-18(26-25-14)27-12-15-11-16(13-27)21(28-17(15)3-2-4-20(28)29)22(30)24-8-7-19-23-9-10-31-19/h5-6,9-10,15-17,21H,2-4,7-8,11-13H2,1H3,(H,24,30)/t15-,16+,17-,21+/m0/s1. The fourth-order valence-corrected chi connectivity index (χ4v) is 6.14. The van der Waals surface area contributed by atoms with Crippen LogP contribution in [0, 0.1) is 18.8 Å². The molecule has 0 aromatic carbocycles. The van der Waals surface area contributed by atoms with Crippen LogP contribution in [0.5, 0.6) is 0 Å². The van der Waals surface area contributed by atoms with Crippen molar-refractivity contribution in [1.29, 1.82) is 0 Å². The molecule has 0 saturated carbocycles. The highest BCUT2D eigenvalue weighted by Crippen LogP contribution is 2.42. The van der Waals surface area contributed by atoms with Crippen molar-refractivity contribution in [2.75, 3.05) is 24.5 Å². The van der Waals surface area contributed by atoms with Gasteiger partial charge in [0.2, 0.25) is 11.8 Å². The van der Waals surface area contributed by atoms with Crippen LogP contribution < -0.4 is 10.2 Å². The van der Waals surface area contributed by atoms with E-state index in [1.807, 2.05) is 29.3 Å². The van der Waals surface area contributed by atoms with Crippen LogP contribution in [-0.2, 0) is 16.0 Å². The number of aryl methyl sites for hydroxylation is 1. The van der Waals surface area contributed by atoms with E-state index in [4.69, 9.17) is 0 Å². The number of nitrogens with one attached hydrogen (secondary N) is 1. The van der Waals surface area contributed by atoms with Crippen LogP contribution in [0.3, 0.4) is 0 Å². The minimum Gasteiger partial charge on any atom is -0.354 e. The van der Waals surface area contributed by atoms with Gasteiger partial charge in [0.05, 0.1) is 10.7 Å². The lowest BCUT2D eigenvalue weighted by molar-refractivity contribution is -0.156. The first-order valence-corrected chi connectivity index (χ1v) is 12.0. The zero-order valence-electron chi connectivity index (χ0n) is 17.7. The van der Waals surface area contributed by atoms with Gasteiger partial charge in [-0.15, -0.1) is 16.4 Å². The van der Waals surface area contributed by atoms with E-state index in [9.17, 15) is 9.59 Å². The molecule has 3 aliphatic heterocycles. The summed E-state index contributed by atoms with van der Waals surface area (Å²) in [6, 6.07) is 3.71. The van der Waals surface area contributed by atoms with Crippen LogP contribution >= 0.6 is 11.3 Å². The number of thiazole rings is 1. The molecule has 3 fully saturated rings. The first-order chi connectivity index (χ1) is 15.1. The topological polar surface area (TPSA) is 91.3 Å². The van der Waals surface area contributed by atoms with E-state index in [0.29, 0.717) is 25.3 Å². The SMILES string of the molecule is Cc1ccc(N2C[C@@H]3C[C@H](C2)[C@H](C(=O)NCCc2nccs2)N2C(=O)CCC[C@@H]32)nn1. The Labute approximate surface area is 186 Å². The van der Waals surface area contributed by atoms with Gasteiger partial charge in [-0.1, -0.05) is 0 Å². The molecule has 1 N–H and O–H groups in total. The highest BCUT2D eigenvalue weighted by molar-refractivity contribution is 7.09. The zero-order valence-corrected chi connectivity index (χ0v) is 18.6. The van der Waals surface area contributed by atoms with Gasteiger partial charge in [0.15, 0.2) is 5.82 Å². The van der Waals surface area contributed by atoms with Crippen molar-refractivity contribution in [2.24, 2.45) is 11.8 Å². The third kappa shape index (κ3) is 4.03. The number of carbonyl (C=O) groups excluding carboxylic acids is 2. The molecule has 0 aliphatic carbocycles. The number of fused-ring (bicyclic) bond motifs is 4. The van der Waals surface area contributed by atoms with Crippen LogP contribution in [-0.4, -0.2) is 63.6 Å². The van der Waals surface area contributed by atoms with E-state index >= 15 is 0 Å². The Morgan fingerprint density at radius 3 is 2.90 bits per heavy atom. The van der Waals surface area contributed by atoms with E-state index in [-0.39, 0.29) is 23.8 Å². The highest BCUT2D eigenvalue weighted by atomic mass is 32.1. The average Bonchev–Trinajstić information content (AvgIpc) is 3.28. The van der Waals surface area contributed by atoms with E-state index in [2.05, 4.69) is 25.4 Å². The van der Waals surface area contributed by atoms with Crippen LogP contribution in [0.2, 0.25) is 0 Å². The summed E-state index contributed by atoms with van der Waals surface area (Å²) in [5, 5.41) is 14.7. The molecular weight excluding hydrogens is 412 g/mol. The van der Waals surface area contributed by atoms with Crippen LogP contribution in [0.4, 0.5) is 5.82 Å². The first kappa shape index (κ1) is 20.4. The number of anilines is 1. The minimum absolute atomic E-state index is 0.0305. The lowest BCUT2D eigenvalue weighted by Gasteiger charge is -2.56. The number of hydrogen-bond acceptors (Lipinski definition) is 7. The molecule has 5 rings (SSSR count). The largest absolute Gasteiger partial charge is 0.354 e. The summed E-state index contributed by atoms with van der Waals surface area (Å²) in [6.45, 7) is 4.05. The second kappa shape index (κ2) is 8.53. The van der Waals surface area contributed by atoms with Gasteiger partial charge in [0.1, 0.15) is 6.04 Å². The number of carbonyl (C=O) groups is 2. The number of hydrogen-bond donors (Lipinski definition) is 1. The minimum atomic E-state index is -0.411. The van der Waals surface area contributed by atoms with Gasteiger partial charge in [-0.3, -0.25) is 9.59 Å². The van der Waals surface area contributed by atoms with E-state index in [1.54, 1.807) is 17.5 Å². The van der Waals surface area contributed by atoms with Gasteiger partial charge >= 0.3 is 0 Å². The van der Waals surface area contributed by atoms with E-state index in [0.717, 1.165) is 48.9 Å². The van der Waals surface area contributed by atoms with Gasteiger partial charge in [-0.05, 0) is 44.2 Å². The fraction of sp³-hybridized carbons (Fsp3) is 0.591. The van der Waals surface area contributed by atoms with E-state index < -0.39 is 6.04 Å². The second-order valence-electron chi connectivity index (χ2n) is 8.87. The predicted octanol–water partition coefficient (Wildman–Crippen LogP) is 1.81. The maximum atomic E-state index is 13.3. The molecule has 2 aromatic rings. The molecule has 0 spiro atoms. The predicted molar refractivity (Wildman–Crippen MR) is 118 cm³/mol. The van der Waals surface area contributed by atoms with Crippen LogP contribution in [0.25, 0.3) is 0 Å². The third-order valence-corrected chi connectivity index (χ3v) is 7.68. The van der Waals surface area contributed by atoms with Crippen molar-refractivity contribution >= 4 is 29.0 Å². The molecule has 4 atom stereocenters. The first-order valence-electron chi connectivity index (χ1n) is 11.1. The molecule has 8 nitrogen and oxygen atoms in total. The van der Waals surface area contributed by atoms with Crippen LogP contribution in [0.1, 0.15) is 36.4 Å². The molecule has 0 radical (unpaired) electrons. The normalized spacial score (nSPS) is 27.7. The Morgan fingerprint density at radius 2 is 2.13 bits per heavy atom. The lowest BCUT2D eigenvalue weighted by atomic mass is 9.71. The van der Waals surface area contributed by atoms with Crippen molar-refractivity contribution in [3.8, 4) is 0 Å². The summed E-state index contributed by atoms with van der Waals surface area (Å²) < 4.78 is 0. The molecule has 31 heavy (non-hydrogen) atoms. The van der Waals surface area contributed by atoms with Crippen molar-refractivity contribution in [1.82, 2.24) is 25.4 Å². The summed E-state index contributed by atoms with van der Waals surface area (Å²) in [7, 11) is 0. The van der Waals surface area contributed by atoms with E-state index in [1.165, 1.54) is 0 Å². The van der Waals surface area contributed by atoms with Gasteiger partial charge in [0, 0.05) is 56.0 Å². The maximum absolute atomic E-state index is 13.3. The molecule has 2 bridgehead atoms. The summed E-state index contributed by atoms with van der Waals surface area (Å²) in [5.41, 5.74) is 0.891. The van der Waals surface area contributed by atoms with Gasteiger partial charge in [-0.2, -0.15) is 5.10 Å². The molecule has 2 amide bonds. The fourth-order valence-electron chi connectivity index (χ4n) is 5.51. The Bertz CT molecular complexity index is 934. The third-order valence-electron chi connectivity index (χ3n) is 6.84. The number of rotatable bonds is 5. The van der Waals surface area contributed by atoms with Gasteiger partial charge < -0.3 is 15.1 Å². The smallest absolute Gasteiger partial charge is 0.243 e. The van der Waals surface area contributed by atoms with Gasteiger partial charge in [0.25, 0.3) is 0 Å². The Hall–Kier alpha value is -2.55. The average molecular weight is 441 g/mol.